The fraction of sp³-hybridized carbons (Fsp3) is 0.600. The topological polar surface area (TPSA) is 12.0 Å². The molecule has 0 amide bonds. The van der Waals surface area contributed by atoms with Gasteiger partial charge in [-0.15, -0.1) is 0 Å². The summed E-state index contributed by atoms with van der Waals surface area (Å²) in [5.74, 6) is 0.901. The molecule has 1 aromatic carbocycles. The van der Waals surface area contributed by atoms with Crippen molar-refractivity contribution in [3.8, 4) is 0 Å². The van der Waals surface area contributed by atoms with E-state index in [0.29, 0.717) is 6.04 Å². The fourth-order valence-corrected chi connectivity index (χ4v) is 3.05. The predicted octanol–water partition coefficient (Wildman–Crippen LogP) is 4.68. The Labute approximate surface area is 113 Å². The lowest BCUT2D eigenvalue weighted by Crippen LogP contribution is -2.27. The van der Waals surface area contributed by atoms with Crippen LogP contribution in [-0.2, 0) is 0 Å². The van der Waals surface area contributed by atoms with Gasteiger partial charge in [0.1, 0.15) is 0 Å². The lowest BCUT2D eigenvalue weighted by molar-refractivity contribution is 0.331. The Morgan fingerprint density at radius 2 is 2.06 bits per heavy atom. The van der Waals surface area contributed by atoms with Gasteiger partial charge in [0.2, 0.25) is 0 Å². The maximum Gasteiger partial charge on any atom is 0.0292 e. The van der Waals surface area contributed by atoms with Gasteiger partial charge in [-0.1, -0.05) is 47.3 Å². The third kappa shape index (κ3) is 4.11. The van der Waals surface area contributed by atoms with Gasteiger partial charge >= 0.3 is 0 Å². The van der Waals surface area contributed by atoms with Crippen molar-refractivity contribution in [3.63, 3.8) is 0 Å². The lowest BCUT2D eigenvalue weighted by Gasteiger charge is -2.24. The molecule has 94 valence electrons. The zero-order chi connectivity index (χ0) is 12.1. The molecule has 1 aliphatic rings. The molecule has 0 radical (unpaired) electrons. The van der Waals surface area contributed by atoms with Crippen molar-refractivity contribution in [2.24, 2.45) is 5.92 Å². The highest BCUT2D eigenvalue weighted by molar-refractivity contribution is 9.10. The van der Waals surface area contributed by atoms with Crippen LogP contribution in [0.15, 0.2) is 28.7 Å². The van der Waals surface area contributed by atoms with Crippen LogP contribution >= 0.6 is 15.9 Å². The molecule has 0 unspecified atom stereocenters. The quantitative estimate of drug-likeness (QED) is 0.850. The van der Waals surface area contributed by atoms with Gasteiger partial charge in [-0.05, 0) is 49.9 Å². The summed E-state index contributed by atoms with van der Waals surface area (Å²) in [5.41, 5.74) is 1.37. The molecular weight excluding hydrogens is 274 g/mol. The van der Waals surface area contributed by atoms with Crippen LogP contribution in [0.4, 0.5) is 0 Å². The van der Waals surface area contributed by atoms with Gasteiger partial charge in [0.05, 0.1) is 0 Å². The van der Waals surface area contributed by atoms with Gasteiger partial charge in [-0.25, -0.2) is 0 Å². The normalized spacial score (nSPS) is 19.2. The van der Waals surface area contributed by atoms with Gasteiger partial charge in [-0.2, -0.15) is 0 Å². The van der Waals surface area contributed by atoms with Crippen molar-refractivity contribution in [2.75, 3.05) is 6.54 Å². The van der Waals surface area contributed by atoms with Crippen molar-refractivity contribution in [1.82, 2.24) is 5.32 Å². The number of halogens is 1. The molecule has 0 spiro atoms. The van der Waals surface area contributed by atoms with Gasteiger partial charge < -0.3 is 5.32 Å². The zero-order valence-corrected chi connectivity index (χ0v) is 12.2. The minimum atomic E-state index is 0.453. The number of hydrogen-bond donors (Lipinski definition) is 1. The summed E-state index contributed by atoms with van der Waals surface area (Å²) in [7, 11) is 0. The van der Waals surface area contributed by atoms with Crippen LogP contribution in [0.2, 0.25) is 0 Å². The fourth-order valence-electron chi connectivity index (χ4n) is 2.63. The Balaban J connectivity index is 1.82. The highest BCUT2D eigenvalue weighted by atomic mass is 79.9. The van der Waals surface area contributed by atoms with E-state index in [1.54, 1.807) is 0 Å². The number of benzene rings is 1. The molecule has 0 aromatic heterocycles. The Morgan fingerprint density at radius 3 is 2.76 bits per heavy atom. The molecule has 1 fully saturated rings. The first kappa shape index (κ1) is 13.1. The van der Waals surface area contributed by atoms with Crippen LogP contribution in [0.1, 0.15) is 50.6 Å². The SMILES string of the molecule is C[C@H](NCC1CCCCC1)c1cccc(Br)c1. The van der Waals surface area contributed by atoms with Crippen molar-refractivity contribution < 1.29 is 0 Å². The van der Waals surface area contributed by atoms with Crippen molar-refractivity contribution in [2.45, 2.75) is 45.1 Å². The van der Waals surface area contributed by atoms with Gasteiger partial charge in [0, 0.05) is 10.5 Å². The van der Waals surface area contributed by atoms with E-state index in [4.69, 9.17) is 0 Å². The zero-order valence-electron chi connectivity index (χ0n) is 10.6. The van der Waals surface area contributed by atoms with Crippen LogP contribution in [-0.4, -0.2) is 6.54 Å². The van der Waals surface area contributed by atoms with E-state index >= 15 is 0 Å². The number of rotatable bonds is 4. The van der Waals surface area contributed by atoms with Crippen LogP contribution in [0.3, 0.4) is 0 Å². The molecule has 1 N–H and O–H groups in total. The summed E-state index contributed by atoms with van der Waals surface area (Å²) >= 11 is 3.53. The minimum absolute atomic E-state index is 0.453. The summed E-state index contributed by atoms with van der Waals surface area (Å²) in [6.45, 7) is 3.43. The van der Waals surface area contributed by atoms with Crippen molar-refractivity contribution in [3.05, 3.63) is 34.3 Å². The van der Waals surface area contributed by atoms with E-state index in [1.165, 1.54) is 48.7 Å². The summed E-state index contributed by atoms with van der Waals surface area (Å²) in [5, 5.41) is 3.68. The van der Waals surface area contributed by atoms with E-state index in [0.717, 1.165) is 5.92 Å². The molecular formula is C15H22BrN. The van der Waals surface area contributed by atoms with Crippen LogP contribution in [0.5, 0.6) is 0 Å². The second-order valence-corrected chi connectivity index (χ2v) is 6.10. The average molecular weight is 296 g/mol. The lowest BCUT2D eigenvalue weighted by atomic mass is 9.89. The van der Waals surface area contributed by atoms with E-state index in [1.807, 2.05) is 0 Å². The third-order valence-electron chi connectivity index (χ3n) is 3.79. The van der Waals surface area contributed by atoms with Crippen molar-refractivity contribution >= 4 is 15.9 Å². The smallest absolute Gasteiger partial charge is 0.0292 e. The monoisotopic (exact) mass is 295 g/mol. The van der Waals surface area contributed by atoms with Gasteiger partial charge in [0.25, 0.3) is 0 Å². The Bertz CT molecular complexity index is 345. The molecule has 0 heterocycles. The Morgan fingerprint density at radius 1 is 1.29 bits per heavy atom. The summed E-state index contributed by atoms with van der Waals surface area (Å²) < 4.78 is 1.17. The van der Waals surface area contributed by atoms with E-state index in [-0.39, 0.29) is 0 Å². The average Bonchev–Trinajstić information content (AvgIpc) is 2.37. The Hall–Kier alpha value is -0.340. The Kier molecular flexibility index (Phi) is 5.05. The molecule has 1 nitrogen and oxygen atoms in total. The standard InChI is InChI=1S/C15H22BrN/c1-12(14-8-5-9-15(16)10-14)17-11-13-6-3-2-4-7-13/h5,8-10,12-13,17H,2-4,6-7,11H2,1H3/t12-/m0/s1. The van der Waals surface area contributed by atoms with Crippen molar-refractivity contribution in [1.29, 1.82) is 0 Å². The molecule has 1 saturated carbocycles. The van der Waals surface area contributed by atoms with Gasteiger partial charge in [-0.3, -0.25) is 0 Å². The van der Waals surface area contributed by atoms with Crippen LogP contribution < -0.4 is 5.32 Å². The summed E-state index contributed by atoms with van der Waals surface area (Å²) in [4.78, 5) is 0. The highest BCUT2D eigenvalue weighted by Crippen LogP contribution is 2.24. The summed E-state index contributed by atoms with van der Waals surface area (Å²) in [6, 6.07) is 9.05. The number of nitrogens with one attached hydrogen (secondary N) is 1. The molecule has 1 aliphatic carbocycles. The molecule has 0 bridgehead atoms. The van der Waals surface area contributed by atoms with E-state index in [9.17, 15) is 0 Å². The maximum absolute atomic E-state index is 3.68. The van der Waals surface area contributed by atoms with E-state index < -0.39 is 0 Å². The molecule has 2 rings (SSSR count). The molecule has 1 aromatic rings. The molecule has 0 aliphatic heterocycles. The summed E-state index contributed by atoms with van der Waals surface area (Å²) in [6.07, 6.45) is 7.13. The molecule has 0 saturated heterocycles. The second-order valence-electron chi connectivity index (χ2n) is 5.19. The van der Waals surface area contributed by atoms with E-state index in [2.05, 4.69) is 52.4 Å². The first-order chi connectivity index (χ1) is 8.25. The van der Waals surface area contributed by atoms with Crippen LogP contribution in [0, 0.1) is 5.92 Å². The maximum atomic E-state index is 3.68. The van der Waals surface area contributed by atoms with Gasteiger partial charge in [0.15, 0.2) is 0 Å². The number of hydrogen-bond acceptors (Lipinski definition) is 1. The first-order valence-corrected chi connectivity index (χ1v) is 7.54. The predicted molar refractivity (Wildman–Crippen MR) is 77.1 cm³/mol. The van der Waals surface area contributed by atoms with Crippen LogP contribution in [0.25, 0.3) is 0 Å². The largest absolute Gasteiger partial charge is 0.310 e. The molecule has 1 atom stereocenters. The molecule has 2 heteroatoms. The minimum Gasteiger partial charge on any atom is -0.310 e. The second kappa shape index (κ2) is 6.55. The molecule has 17 heavy (non-hydrogen) atoms. The first-order valence-electron chi connectivity index (χ1n) is 6.74. The third-order valence-corrected chi connectivity index (χ3v) is 4.28. The highest BCUT2D eigenvalue weighted by Gasteiger charge is 2.14.